The Hall–Kier alpha value is -3.16. The summed E-state index contributed by atoms with van der Waals surface area (Å²) >= 11 is 0. The molecule has 2 aromatic rings. The fourth-order valence-corrected chi connectivity index (χ4v) is 3.05. The number of aryl methyl sites for hydroxylation is 1. The summed E-state index contributed by atoms with van der Waals surface area (Å²) in [4.78, 5) is 37.8. The summed E-state index contributed by atoms with van der Waals surface area (Å²) in [5, 5.41) is 9.13. The molecule has 0 saturated carbocycles. The first-order valence-corrected chi connectivity index (χ1v) is 8.78. The molecule has 0 saturated heterocycles. The van der Waals surface area contributed by atoms with Crippen LogP contribution >= 0.6 is 0 Å². The van der Waals surface area contributed by atoms with Crippen molar-refractivity contribution in [1.29, 1.82) is 0 Å². The lowest BCUT2D eigenvalue weighted by atomic mass is 9.89. The summed E-state index contributed by atoms with van der Waals surface area (Å²) in [7, 11) is 1.56. The number of amides is 3. The van der Waals surface area contributed by atoms with E-state index in [0.717, 1.165) is 11.3 Å². The van der Waals surface area contributed by atoms with Gasteiger partial charge in [0.25, 0.3) is 0 Å². The second-order valence-electron chi connectivity index (χ2n) is 6.71. The second-order valence-corrected chi connectivity index (χ2v) is 6.71. The zero-order valence-electron chi connectivity index (χ0n) is 15.3. The molecule has 1 atom stereocenters. The van der Waals surface area contributed by atoms with Crippen molar-refractivity contribution in [3.63, 3.8) is 0 Å². The van der Waals surface area contributed by atoms with Crippen LogP contribution in [0, 0.1) is 12.8 Å². The molecule has 1 unspecified atom stereocenters. The molecule has 1 aromatic heterocycles. The van der Waals surface area contributed by atoms with Gasteiger partial charge < -0.3 is 20.1 Å². The summed E-state index contributed by atoms with van der Waals surface area (Å²) in [6.45, 7) is 1.63. The predicted octanol–water partition coefficient (Wildman–Crippen LogP) is 1.97. The minimum absolute atomic E-state index is 0.0664. The molecule has 0 radical (unpaired) electrons. The lowest BCUT2D eigenvalue weighted by Gasteiger charge is -2.25. The number of aromatic nitrogens is 1. The normalized spacial score (nSPS) is 15.6. The van der Waals surface area contributed by atoms with Crippen LogP contribution in [0.4, 0.5) is 11.5 Å². The van der Waals surface area contributed by atoms with Crippen molar-refractivity contribution in [2.75, 3.05) is 24.2 Å². The highest BCUT2D eigenvalue weighted by molar-refractivity contribution is 5.96. The monoisotopic (exact) mass is 370 g/mol. The Bertz CT molecular complexity index is 861. The number of likely N-dealkylation sites (N-methyl/N-ethyl adjacent to an activating group) is 1. The Morgan fingerprint density at radius 2 is 2.15 bits per heavy atom. The number of benzene rings is 1. The summed E-state index contributed by atoms with van der Waals surface area (Å²) < 4.78 is 4.88. The van der Waals surface area contributed by atoms with Gasteiger partial charge >= 0.3 is 0 Å². The first-order chi connectivity index (χ1) is 12.9. The first kappa shape index (κ1) is 18.6. The van der Waals surface area contributed by atoms with Gasteiger partial charge in [0, 0.05) is 31.1 Å². The number of carbonyl (C=O) groups is 3. The van der Waals surface area contributed by atoms with Crippen molar-refractivity contribution in [2.45, 2.75) is 26.2 Å². The van der Waals surface area contributed by atoms with Crippen molar-refractivity contribution in [3.8, 4) is 0 Å². The first-order valence-electron chi connectivity index (χ1n) is 8.78. The molecule has 1 aliphatic rings. The van der Waals surface area contributed by atoms with E-state index < -0.39 is 0 Å². The molecule has 2 heterocycles. The average Bonchev–Trinajstić information content (AvgIpc) is 3.04. The van der Waals surface area contributed by atoms with Gasteiger partial charge in [-0.05, 0) is 31.4 Å². The van der Waals surface area contributed by atoms with Crippen LogP contribution in [0.2, 0.25) is 0 Å². The van der Waals surface area contributed by atoms with Crippen LogP contribution in [0.1, 0.15) is 24.2 Å². The molecule has 0 spiro atoms. The molecule has 1 aromatic carbocycles. The van der Waals surface area contributed by atoms with Crippen LogP contribution in [-0.2, 0) is 20.8 Å². The number of anilines is 2. The maximum absolute atomic E-state index is 12.3. The molecule has 142 valence electrons. The van der Waals surface area contributed by atoms with Crippen molar-refractivity contribution in [1.82, 2.24) is 10.1 Å². The minimum Gasteiger partial charge on any atom is -0.360 e. The molecule has 27 heavy (non-hydrogen) atoms. The van der Waals surface area contributed by atoms with Crippen LogP contribution in [0.25, 0.3) is 0 Å². The van der Waals surface area contributed by atoms with Gasteiger partial charge in [-0.3, -0.25) is 14.4 Å². The molecule has 0 aliphatic carbocycles. The molecule has 3 rings (SSSR count). The van der Waals surface area contributed by atoms with Gasteiger partial charge in [-0.25, -0.2) is 0 Å². The van der Waals surface area contributed by atoms with E-state index in [-0.39, 0.29) is 36.6 Å². The van der Waals surface area contributed by atoms with Crippen molar-refractivity contribution >= 4 is 29.2 Å². The molecule has 2 N–H and O–H groups in total. The second kappa shape index (κ2) is 8.03. The molecular formula is C19H22N4O4. The van der Waals surface area contributed by atoms with Crippen LogP contribution in [-0.4, -0.2) is 41.4 Å². The fourth-order valence-electron chi connectivity index (χ4n) is 3.05. The van der Waals surface area contributed by atoms with E-state index in [1.54, 1.807) is 20.0 Å². The maximum atomic E-state index is 12.3. The lowest BCUT2D eigenvalue weighted by molar-refractivity contribution is -0.133. The number of nitrogens with zero attached hydrogens (tertiary/aromatic N) is 2. The number of hydrogen-bond donors (Lipinski definition) is 2. The van der Waals surface area contributed by atoms with E-state index in [4.69, 9.17) is 4.52 Å². The highest BCUT2D eigenvalue weighted by Gasteiger charge is 2.27. The standard InChI is InChI=1S/C19H22N4O4/c1-12-9-16(22-27-12)21-17(24)11-23(2)18(25)8-7-14-10-13-5-3-4-6-15(13)20-19(14)26/h3-6,9,14H,7-8,10-11H2,1-2H3,(H,20,26)(H,21,22,24). The molecule has 0 fully saturated rings. The largest absolute Gasteiger partial charge is 0.360 e. The molecule has 3 amide bonds. The predicted molar refractivity (Wildman–Crippen MR) is 99.0 cm³/mol. The van der Waals surface area contributed by atoms with E-state index in [1.165, 1.54) is 4.90 Å². The Kier molecular flexibility index (Phi) is 5.54. The molecule has 8 nitrogen and oxygen atoms in total. The third kappa shape index (κ3) is 4.72. The number of carbonyl (C=O) groups excluding carboxylic acids is 3. The third-order valence-electron chi connectivity index (χ3n) is 4.52. The van der Waals surface area contributed by atoms with Gasteiger partial charge in [0.15, 0.2) is 5.82 Å². The van der Waals surface area contributed by atoms with E-state index in [9.17, 15) is 14.4 Å². The van der Waals surface area contributed by atoms with Crippen molar-refractivity contribution in [2.24, 2.45) is 5.92 Å². The van der Waals surface area contributed by atoms with Gasteiger partial charge in [0.1, 0.15) is 5.76 Å². The number of hydrogen-bond acceptors (Lipinski definition) is 5. The van der Waals surface area contributed by atoms with E-state index in [1.807, 2.05) is 24.3 Å². The Morgan fingerprint density at radius 1 is 1.37 bits per heavy atom. The van der Waals surface area contributed by atoms with Crippen LogP contribution in [0.5, 0.6) is 0 Å². The fraction of sp³-hybridized carbons (Fsp3) is 0.368. The number of nitrogens with one attached hydrogen (secondary N) is 2. The molecular weight excluding hydrogens is 348 g/mol. The molecule has 1 aliphatic heterocycles. The Labute approximate surface area is 156 Å². The van der Waals surface area contributed by atoms with Crippen LogP contribution in [0.3, 0.4) is 0 Å². The lowest BCUT2D eigenvalue weighted by Crippen LogP contribution is -2.36. The van der Waals surface area contributed by atoms with E-state index in [0.29, 0.717) is 24.4 Å². The van der Waals surface area contributed by atoms with Gasteiger partial charge in [0.2, 0.25) is 17.7 Å². The topological polar surface area (TPSA) is 105 Å². The van der Waals surface area contributed by atoms with Gasteiger partial charge in [-0.1, -0.05) is 23.4 Å². The maximum Gasteiger partial charge on any atom is 0.245 e. The average molecular weight is 370 g/mol. The van der Waals surface area contributed by atoms with Crippen molar-refractivity contribution < 1.29 is 18.9 Å². The molecule has 8 heteroatoms. The Morgan fingerprint density at radius 3 is 2.89 bits per heavy atom. The number of para-hydroxylation sites is 1. The smallest absolute Gasteiger partial charge is 0.245 e. The number of rotatable bonds is 6. The molecule has 0 bridgehead atoms. The zero-order valence-corrected chi connectivity index (χ0v) is 15.3. The highest BCUT2D eigenvalue weighted by Crippen LogP contribution is 2.27. The van der Waals surface area contributed by atoms with E-state index in [2.05, 4.69) is 15.8 Å². The summed E-state index contributed by atoms with van der Waals surface area (Å²) in [6, 6.07) is 9.26. The zero-order chi connectivity index (χ0) is 19.4. The van der Waals surface area contributed by atoms with Gasteiger partial charge in [0.05, 0.1) is 6.54 Å². The van der Waals surface area contributed by atoms with Crippen LogP contribution in [0.15, 0.2) is 34.9 Å². The van der Waals surface area contributed by atoms with Gasteiger partial charge in [-0.2, -0.15) is 0 Å². The van der Waals surface area contributed by atoms with Crippen LogP contribution < -0.4 is 10.6 Å². The summed E-state index contributed by atoms with van der Waals surface area (Å²) in [5.74, 6) is 0.0436. The quantitative estimate of drug-likeness (QED) is 0.809. The third-order valence-corrected chi connectivity index (χ3v) is 4.52. The summed E-state index contributed by atoms with van der Waals surface area (Å²) in [5.41, 5.74) is 1.91. The highest BCUT2D eigenvalue weighted by atomic mass is 16.5. The summed E-state index contributed by atoms with van der Waals surface area (Å²) in [6.07, 6.45) is 1.26. The van der Waals surface area contributed by atoms with Gasteiger partial charge in [-0.15, -0.1) is 0 Å². The SMILES string of the molecule is Cc1cc(NC(=O)CN(C)C(=O)CCC2Cc3ccccc3NC2=O)no1. The van der Waals surface area contributed by atoms with Crippen molar-refractivity contribution in [3.05, 3.63) is 41.7 Å². The Balaban J connectivity index is 1.47. The van der Waals surface area contributed by atoms with E-state index >= 15 is 0 Å². The number of fused-ring (bicyclic) bond motifs is 1. The minimum atomic E-state index is -0.358.